The van der Waals surface area contributed by atoms with E-state index in [9.17, 15) is 24.6 Å². The minimum Gasteiger partial charge on any atom is -0.480 e. The second kappa shape index (κ2) is 9.91. The first-order valence-electron chi connectivity index (χ1n) is 8.71. The van der Waals surface area contributed by atoms with E-state index in [4.69, 9.17) is 0 Å². The molecule has 0 saturated carbocycles. The van der Waals surface area contributed by atoms with Gasteiger partial charge in [0.1, 0.15) is 12.1 Å². The Kier molecular flexibility index (Phi) is 8.25. The smallest absolute Gasteiger partial charge is 0.321 e. The number of carbonyl (C=O) groups is 3. The van der Waals surface area contributed by atoms with Crippen LogP contribution in [-0.2, 0) is 16.0 Å². The Hall–Kier alpha value is -2.41. The number of nitrogens with one attached hydrogen (secondary N) is 2. The molecule has 0 spiro atoms. The maximum absolute atomic E-state index is 11.9. The van der Waals surface area contributed by atoms with Crippen LogP contribution in [0.4, 0.5) is 0 Å². The second-order valence-corrected chi connectivity index (χ2v) is 7.11. The van der Waals surface area contributed by atoms with Crippen molar-refractivity contribution in [1.82, 2.24) is 10.6 Å². The average Bonchev–Trinajstić information content (AvgIpc) is 2.52. The number of hydrogen-bond acceptors (Lipinski definition) is 4. The summed E-state index contributed by atoms with van der Waals surface area (Å²) in [4.78, 5) is 34.8. The largest absolute Gasteiger partial charge is 0.480 e. The van der Waals surface area contributed by atoms with Crippen molar-refractivity contribution in [3.8, 4) is 0 Å². The predicted molar refractivity (Wildman–Crippen MR) is 98.2 cm³/mol. The number of benzene rings is 1. The molecule has 7 nitrogen and oxygen atoms in total. The standard InChI is InChI=1S/C19H28N2O5/c1-11(2)9-15(18(23)24)21-16(19(25)26)10-13-5-7-14(8-6-13)17(22)20-12(3)4/h5-8,11-12,15-16,21H,9-10H2,1-4H3,(H,20,22)(H,23,24)(H,25,26). The van der Waals surface area contributed by atoms with E-state index in [0.29, 0.717) is 17.5 Å². The highest BCUT2D eigenvalue weighted by molar-refractivity contribution is 5.94. The lowest BCUT2D eigenvalue weighted by molar-refractivity contribution is -0.142. The van der Waals surface area contributed by atoms with Crippen molar-refractivity contribution >= 4 is 17.8 Å². The topological polar surface area (TPSA) is 116 Å². The number of carboxylic acid groups (broad SMARTS) is 2. The van der Waals surface area contributed by atoms with Gasteiger partial charge in [0.2, 0.25) is 0 Å². The van der Waals surface area contributed by atoms with Crippen molar-refractivity contribution in [2.45, 2.75) is 58.7 Å². The van der Waals surface area contributed by atoms with E-state index in [1.54, 1.807) is 24.3 Å². The van der Waals surface area contributed by atoms with Crippen LogP contribution in [0.3, 0.4) is 0 Å². The molecule has 0 fully saturated rings. The van der Waals surface area contributed by atoms with Crippen molar-refractivity contribution in [2.24, 2.45) is 5.92 Å². The Labute approximate surface area is 153 Å². The van der Waals surface area contributed by atoms with E-state index in [1.165, 1.54) is 0 Å². The highest BCUT2D eigenvalue weighted by Gasteiger charge is 2.26. The lowest BCUT2D eigenvalue weighted by atomic mass is 10.00. The fourth-order valence-electron chi connectivity index (χ4n) is 2.55. The van der Waals surface area contributed by atoms with E-state index >= 15 is 0 Å². The Morgan fingerprint density at radius 1 is 0.923 bits per heavy atom. The molecule has 144 valence electrons. The van der Waals surface area contributed by atoms with Crippen LogP contribution in [0.15, 0.2) is 24.3 Å². The van der Waals surface area contributed by atoms with Crippen molar-refractivity contribution in [2.75, 3.05) is 0 Å². The average molecular weight is 364 g/mol. The van der Waals surface area contributed by atoms with Crippen molar-refractivity contribution in [3.63, 3.8) is 0 Å². The van der Waals surface area contributed by atoms with Gasteiger partial charge in [-0.25, -0.2) is 0 Å². The van der Waals surface area contributed by atoms with Crippen molar-refractivity contribution in [3.05, 3.63) is 35.4 Å². The number of carboxylic acids is 2. The summed E-state index contributed by atoms with van der Waals surface area (Å²) in [6.45, 7) is 7.50. The molecule has 0 bridgehead atoms. The maximum Gasteiger partial charge on any atom is 0.321 e. The first-order valence-corrected chi connectivity index (χ1v) is 8.71. The molecule has 4 N–H and O–H groups in total. The lowest BCUT2D eigenvalue weighted by Crippen LogP contribution is -2.48. The molecule has 0 aliphatic rings. The maximum atomic E-state index is 11.9. The fraction of sp³-hybridized carbons (Fsp3) is 0.526. The highest BCUT2D eigenvalue weighted by Crippen LogP contribution is 2.11. The van der Waals surface area contributed by atoms with E-state index < -0.39 is 24.0 Å². The minimum atomic E-state index is -1.11. The summed E-state index contributed by atoms with van der Waals surface area (Å²) in [5.74, 6) is -2.24. The Bertz CT molecular complexity index is 625. The van der Waals surface area contributed by atoms with Gasteiger partial charge < -0.3 is 15.5 Å². The number of carbonyl (C=O) groups excluding carboxylic acids is 1. The predicted octanol–water partition coefficient (Wildman–Crippen LogP) is 1.91. The van der Waals surface area contributed by atoms with Crippen LogP contribution in [0.1, 0.15) is 50.0 Å². The Morgan fingerprint density at radius 2 is 1.46 bits per heavy atom. The van der Waals surface area contributed by atoms with Crippen LogP contribution in [0.25, 0.3) is 0 Å². The van der Waals surface area contributed by atoms with Crippen molar-refractivity contribution < 1.29 is 24.6 Å². The molecule has 1 rings (SSSR count). The van der Waals surface area contributed by atoms with E-state index in [0.717, 1.165) is 0 Å². The first-order chi connectivity index (χ1) is 12.1. The van der Waals surface area contributed by atoms with Crippen LogP contribution < -0.4 is 10.6 Å². The van der Waals surface area contributed by atoms with Gasteiger partial charge in [0.25, 0.3) is 5.91 Å². The molecular weight excluding hydrogens is 336 g/mol. The molecule has 0 saturated heterocycles. The fourth-order valence-corrected chi connectivity index (χ4v) is 2.55. The molecular formula is C19H28N2O5. The molecule has 0 heterocycles. The van der Waals surface area contributed by atoms with Crippen LogP contribution >= 0.6 is 0 Å². The van der Waals surface area contributed by atoms with Crippen LogP contribution in [0, 0.1) is 5.92 Å². The number of hydrogen-bond donors (Lipinski definition) is 4. The van der Waals surface area contributed by atoms with Gasteiger partial charge >= 0.3 is 11.9 Å². The molecule has 1 aromatic rings. The Balaban J connectivity index is 2.82. The molecule has 0 radical (unpaired) electrons. The van der Waals surface area contributed by atoms with Gasteiger partial charge in [-0.1, -0.05) is 26.0 Å². The summed E-state index contributed by atoms with van der Waals surface area (Å²) in [5.41, 5.74) is 1.20. The molecule has 0 aromatic heterocycles. The zero-order valence-electron chi connectivity index (χ0n) is 15.7. The Morgan fingerprint density at radius 3 is 1.88 bits per heavy atom. The summed E-state index contributed by atoms with van der Waals surface area (Å²) in [6.07, 6.45) is 0.469. The zero-order valence-corrected chi connectivity index (χ0v) is 15.7. The summed E-state index contributed by atoms with van der Waals surface area (Å²) >= 11 is 0. The number of aliphatic carboxylic acids is 2. The molecule has 0 aliphatic carbocycles. The van der Waals surface area contributed by atoms with Gasteiger partial charge in [-0.05, 0) is 50.3 Å². The van der Waals surface area contributed by atoms with Gasteiger partial charge in [-0.3, -0.25) is 19.7 Å². The minimum absolute atomic E-state index is 0.0247. The number of amides is 1. The molecule has 0 aliphatic heterocycles. The van der Waals surface area contributed by atoms with Gasteiger partial charge in [0.05, 0.1) is 0 Å². The third-order valence-electron chi connectivity index (χ3n) is 3.78. The van der Waals surface area contributed by atoms with E-state index in [2.05, 4.69) is 10.6 Å². The zero-order chi connectivity index (χ0) is 19.9. The van der Waals surface area contributed by atoms with Crippen molar-refractivity contribution in [1.29, 1.82) is 0 Å². The molecule has 1 amide bonds. The normalized spacial score (nSPS) is 13.5. The quantitative estimate of drug-likeness (QED) is 0.504. The van der Waals surface area contributed by atoms with E-state index in [1.807, 2.05) is 27.7 Å². The van der Waals surface area contributed by atoms with E-state index in [-0.39, 0.29) is 24.3 Å². The van der Waals surface area contributed by atoms with Gasteiger partial charge in [-0.2, -0.15) is 0 Å². The van der Waals surface area contributed by atoms with Gasteiger partial charge in [0, 0.05) is 11.6 Å². The monoisotopic (exact) mass is 364 g/mol. The third-order valence-corrected chi connectivity index (χ3v) is 3.78. The molecule has 7 heteroatoms. The summed E-state index contributed by atoms with van der Waals surface area (Å²) < 4.78 is 0. The summed E-state index contributed by atoms with van der Waals surface area (Å²) in [5, 5.41) is 24.2. The molecule has 1 aromatic carbocycles. The van der Waals surface area contributed by atoms with Gasteiger partial charge in [0.15, 0.2) is 0 Å². The highest BCUT2D eigenvalue weighted by atomic mass is 16.4. The summed E-state index contributed by atoms with van der Waals surface area (Å²) in [7, 11) is 0. The molecule has 2 unspecified atom stereocenters. The first kappa shape index (κ1) is 21.6. The SMILES string of the molecule is CC(C)CC(NC(Cc1ccc(C(=O)NC(C)C)cc1)C(=O)O)C(=O)O. The van der Waals surface area contributed by atoms with Crippen LogP contribution in [-0.4, -0.2) is 46.2 Å². The number of rotatable bonds is 10. The van der Waals surface area contributed by atoms with Gasteiger partial charge in [-0.15, -0.1) is 0 Å². The lowest BCUT2D eigenvalue weighted by Gasteiger charge is -2.22. The second-order valence-electron chi connectivity index (χ2n) is 7.11. The molecule has 26 heavy (non-hydrogen) atoms. The summed E-state index contributed by atoms with van der Waals surface area (Å²) in [6, 6.07) is 4.72. The third kappa shape index (κ3) is 7.23. The molecule has 2 atom stereocenters. The van der Waals surface area contributed by atoms with Crippen LogP contribution in [0.2, 0.25) is 0 Å². The van der Waals surface area contributed by atoms with Crippen LogP contribution in [0.5, 0.6) is 0 Å².